The van der Waals surface area contributed by atoms with Gasteiger partial charge in [0.15, 0.2) is 0 Å². The summed E-state index contributed by atoms with van der Waals surface area (Å²) >= 11 is 0. The van der Waals surface area contributed by atoms with Crippen LogP contribution < -0.4 is 4.74 Å². The molecule has 0 atom stereocenters. The van der Waals surface area contributed by atoms with Crippen LogP contribution in [0.2, 0.25) is 0 Å². The van der Waals surface area contributed by atoms with Crippen molar-refractivity contribution in [1.82, 2.24) is 0 Å². The molecular weight excluding hydrogens is 408 g/mol. The maximum atomic E-state index is 11.7. The summed E-state index contributed by atoms with van der Waals surface area (Å²) in [6, 6.07) is 6.15. The number of aryl methyl sites for hydroxylation is 1. The molecule has 6 nitrogen and oxygen atoms in total. The fourth-order valence-electron chi connectivity index (χ4n) is 3.74. The lowest BCUT2D eigenvalue weighted by atomic mass is 9.97. The van der Waals surface area contributed by atoms with E-state index in [1.54, 1.807) is 0 Å². The van der Waals surface area contributed by atoms with Crippen LogP contribution in [0.15, 0.2) is 18.2 Å². The molecule has 32 heavy (non-hydrogen) atoms. The smallest absolute Gasteiger partial charge is 0.305 e. The molecule has 6 heteroatoms. The third kappa shape index (κ3) is 12.7. The van der Waals surface area contributed by atoms with E-state index in [9.17, 15) is 9.59 Å². The molecule has 1 aromatic carbocycles. The van der Waals surface area contributed by atoms with Crippen molar-refractivity contribution >= 4 is 11.9 Å². The lowest BCUT2D eigenvalue weighted by Gasteiger charge is -2.16. The Morgan fingerprint density at radius 1 is 0.750 bits per heavy atom. The maximum Gasteiger partial charge on any atom is 0.305 e. The van der Waals surface area contributed by atoms with Gasteiger partial charge < -0.3 is 19.3 Å². The summed E-state index contributed by atoms with van der Waals surface area (Å²) in [6.07, 6.45) is 12.7. The Bertz CT molecular complexity index is 643. The van der Waals surface area contributed by atoms with Crippen LogP contribution >= 0.6 is 0 Å². The summed E-state index contributed by atoms with van der Waals surface area (Å²) in [4.78, 5) is 22.8. The van der Waals surface area contributed by atoms with Crippen molar-refractivity contribution in [2.45, 2.75) is 89.9 Å². The SMILES string of the molecule is COC(=O)CCCCCCCCOc1cccc(CCCCCCO)c1CCC(=O)OC. The zero-order valence-electron chi connectivity index (χ0n) is 20.0. The van der Waals surface area contributed by atoms with Gasteiger partial charge >= 0.3 is 11.9 Å². The van der Waals surface area contributed by atoms with Gasteiger partial charge in [0.2, 0.25) is 0 Å². The van der Waals surface area contributed by atoms with Gasteiger partial charge in [0.1, 0.15) is 5.75 Å². The molecule has 0 aromatic heterocycles. The van der Waals surface area contributed by atoms with E-state index in [1.807, 2.05) is 12.1 Å². The molecule has 0 aliphatic carbocycles. The second-order valence-electron chi connectivity index (χ2n) is 8.15. The number of carbonyl (C=O) groups excluding carboxylic acids is 2. The van der Waals surface area contributed by atoms with Crippen LogP contribution in [-0.4, -0.2) is 44.5 Å². The molecule has 1 rings (SSSR count). The highest BCUT2D eigenvalue weighted by molar-refractivity contribution is 5.70. The molecule has 0 spiro atoms. The minimum absolute atomic E-state index is 0.131. The highest BCUT2D eigenvalue weighted by Gasteiger charge is 2.12. The van der Waals surface area contributed by atoms with Gasteiger partial charge in [0.25, 0.3) is 0 Å². The van der Waals surface area contributed by atoms with Gasteiger partial charge in [-0.25, -0.2) is 0 Å². The third-order valence-electron chi connectivity index (χ3n) is 5.65. The van der Waals surface area contributed by atoms with E-state index in [0.717, 1.165) is 81.9 Å². The lowest BCUT2D eigenvalue weighted by molar-refractivity contribution is -0.141. The van der Waals surface area contributed by atoms with Crippen molar-refractivity contribution in [2.24, 2.45) is 0 Å². The highest BCUT2D eigenvalue weighted by Crippen LogP contribution is 2.26. The number of aliphatic hydroxyl groups is 1. The maximum absolute atomic E-state index is 11.7. The van der Waals surface area contributed by atoms with Crippen LogP contribution in [0.3, 0.4) is 0 Å². The number of esters is 2. The molecule has 0 unspecified atom stereocenters. The van der Waals surface area contributed by atoms with E-state index in [2.05, 4.69) is 10.8 Å². The minimum atomic E-state index is -0.208. The molecule has 0 aliphatic rings. The van der Waals surface area contributed by atoms with Crippen molar-refractivity contribution in [1.29, 1.82) is 0 Å². The molecule has 0 aliphatic heterocycles. The van der Waals surface area contributed by atoms with Gasteiger partial charge in [-0.05, 0) is 55.7 Å². The minimum Gasteiger partial charge on any atom is -0.493 e. The largest absolute Gasteiger partial charge is 0.493 e. The van der Waals surface area contributed by atoms with E-state index >= 15 is 0 Å². The number of hydrogen-bond acceptors (Lipinski definition) is 6. The number of benzene rings is 1. The summed E-state index contributed by atoms with van der Waals surface area (Å²) in [5.41, 5.74) is 2.35. The second-order valence-corrected chi connectivity index (χ2v) is 8.15. The van der Waals surface area contributed by atoms with Crippen molar-refractivity contribution in [3.05, 3.63) is 29.3 Å². The van der Waals surface area contributed by atoms with Crippen LogP contribution in [0, 0.1) is 0 Å². The van der Waals surface area contributed by atoms with Gasteiger partial charge in [-0.3, -0.25) is 9.59 Å². The Kier molecular flexibility index (Phi) is 16.1. The topological polar surface area (TPSA) is 82.1 Å². The van der Waals surface area contributed by atoms with Gasteiger partial charge in [0.05, 0.1) is 20.8 Å². The molecule has 0 fully saturated rings. The van der Waals surface area contributed by atoms with E-state index < -0.39 is 0 Å². The number of rotatable bonds is 19. The lowest BCUT2D eigenvalue weighted by Crippen LogP contribution is -2.07. The molecule has 182 valence electrons. The number of ether oxygens (including phenoxy) is 3. The summed E-state index contributed by atoms with van der Waals surface area (Å²) in [6.45, 7) is 0.911. The molecule has 0 saturated carbocycles. The van der Waals surface area contributed by atoms with Gasteiger partial charge in [-0.1, -0.05) is 50.7 Å². The molecule has 0 amide bonds. The normalized spacial score (nSPS) is 10.7. The zero-order chi connectivity index (χ0) is 23.4. The second kappa shape index (κ2) is 18.5. The monoisotopic (exact) mass is 450 g/mol. The van der Waals surface area contributed by atoms with E-state index in [-0.39, 0.29) is 18.5 Å². The molecule has 1 aromatic rings. The van der Waals surface area contributed by atoms with E-state index in [4.69, 9.17) is 14.6 Å². The van der Waals surface area contributed by atoms with Crippen LogP contribution in [0.4, 0.5) is 0 Å². The van der Waals surface area contributed by atoms with Crippen molar-refractivity contribution < 1.29 is 28.9 Å². The summed E-state index contributed by atoms with van der Waals surface area (Å²) in [5.74, 6) is 0.537. The molecular formula is C26H42O6. The molecule has 0 heterocycles. The van der Waals surface area contributed by atoms with Crippen molar-refractivity contribution in [3.8, 4) is 5.75 Å². The fourth-order valence-corrected chi connectivity index (χ4v) is 3.74. The summed E-state index contributed by atoms with van der Waals surface area (Å²) in [7, 11) is 2.85. The highest BCUT2D eigenvalue weighted by atomic mass is 16.5. The molecule has 1 N–H and O–H groups in total. The Morgan fingerprint density at radius 2 is 1.38 bits per heavy atom. The fraction of sp³-hybridized carbons (Fsp3) is 0.692. The molecule has 0 bridgehead atoms. The number of unbranched alkanes of at least 4 members (excludes halogenated alkanes) is 8. The first kappa shape index (κ1) is 28.0. The average molecular weight is 451 g/mol. The van der Waals surface area contributed by atoms with Crippen LogP contribution in [0.5, 0.6) is 5.75 Å². The van der Waals surface area contributed by atoms with Gasteiger partial charge in [0, 0.05) is 19.4 Å². The number of carbonyl (C=O) groups is 2. The van der Waals surface area contributed by atoms with E-state index in [0.29, 0.717) is 25.9 Å². The zero-order valence-corrected chi connectivity index (χ0v) is 20.0. The number of methoxy groups -OCH3 is 2. The van der Waals surface area contributed by atoms with E-state index in [1.165, 1.54) is 19.8 Å². The first-order chi connectivity index (χ1) is 15.6. The third-order valence-corrected chi connectivity index (χ3v) is 5.65. The predicted molar refractivity (Wildman–Crippen MR) is 126 cm³/mol. The first-order valence-corrected chi connectivity index (χ1v) is 12.1. The van der Waals surface area contributed by atoms with Crippen molar-refractivity contribution in [3.63, 3.8) is 0 Å². The van der Waals surface area contributed by atoms with Gasteiger partial charge in [-0.2, -0.15) is 0 Å². The summed E-state index contributed by atoms with van der Waals surface area (Å²) in [5, 5.41) is 8.94. The summed E-state index contributed by atoms with van der Waals surface area (Å²) < 4.78 is 15.6. The Balaban J connectivity index is 2.46. The standard InChI is InChI=1S/C26H42O6/c1-30-25(28)17-10-5-3-4-8-12-21-32-24-16-13-15-22(14-9-6-7-11-20-27)23(24)18-19-26(29)31-2/h13,15-16,27H,3-12,14,17-21H2,1-2H3. The molecule has 0 radical (unpaired) electrons. The first-order valence-electron chi connectivity index (χ1n) is 12.1. The quantitative estimate of drug-likeness (QED) is 0.231. The Labute approximate surface area is 193 Å². The van der Waals surface area contributed by atoms with Crippen LogP contribution in [-0.2, 0) is 31.9 Å². The van der Waals surface area contributed by atoms with Crippen molar-refractivity contribution in [2.75, 3.05) is 27.4 Å². The average Bonchev–Trinajstić information content (AvgIpc) is 2.81. The molecule has 0 saturated heterocycles. The van der Waals surface area contributed by atoms with Crippen LogP contribution in [0.1, 0.15) is 88.2 Å². The Hall–Kier alpha value is -2.08. The number of aliphatic hydroxyl groups excluding tert-OH is 1. The van der Waals surface area contributed by atoms with Crippen LogP contribution in [0.25, 0.3) is 0 Å². The number of hydrogen-bond donors (Lipinski definition) is 1. The predicted octanol–water partition coefficient (Wildman–Crippen LogP) is 5.17. The Morgan fingerprint density at radius 3 is 2.09 bits per heavy atom. The van der Waals surface area contributed by atoms with Gasteiger partial charge in [-0.15, -0.1) is 0 Å².